The summed E-state index contributed by atoms with van der Waals surface area (Å²) < 4.78 is 39.5. The summed E-state index contributed by atoms with van der Waals surface area (Å²) in [7, 11) is 0. The number of alkyl halides is 3. The third kappa shape index (κ3) is 2.74. The fraction of sp³-hybridized carbons (Fsp3) is 0.0667. The Morgan fingerprint density at radius 1 is 0.909 bits per heavy atom. The summed E-state index contributed by atoms with van der Waals surface area (Å²) >= 11 is 11.7. The van der Waals surface area contributed by atoms with E-state index in [4.69, 9.17) is 23.2 Å². The second kappa shape index (κ2) is 5.41. The largest absolute Gasteiger partial charge is 0.417 e. The lowest BCUT2D eigenvalue weighted by Gasteiger charge is -2.13. The molecule has 22 heavy (non-hydrogen) atoms. The van der Waals surface area contributed by atoms with Crippen LogP contribution in [0, 0.1) is 0 Å². The van der Waals surface area contributed by atoms with Crippen LogP contribution in [0.1, 0.15) is 5.56 Å². The van der Waals surface area contributed by atoms with Crippen molar-refractivity contribution in [1.82, 2.24) is 9.97 Å². The third-order valence-corrected chi connectivity index (χ3v) is 3.61. The summed E-state index contributed by atoms with van der Waals surface area (Å²) in [5.74, 6) is -0.0901. The van der Waals surface area contributed by atoms with Crippen LogP contribution < -0.4 is 0 Å². The third-order valence-electron chi connectivity index (χ3n) is 3.08. The Bertz CT molecular complexity index is 863. The van der Waals surface area contributed by atoms with Crippen molar-refractivity contribution in [3.63, 3.8) is 0 Å². The number of para-hydroxylation sites is 1. The Kier molecular flexibility index (Phi) is 3.70. The van der Waals surface area contributed by atoms with Crippen molar-refractivity contribution >= 4 is 34.1 Å². The molecule has 1 heterocycles. The van der Waals surface area contributed by atoms with Crippen molar-refractivity contribution < 1.29 is 13.2 Å². The molecule has 0 aliphatic rings. The van der Waals surface area contributed by atoms with Gasteiger partial charge in [-0.05, 0) is 30.3 Å². The van der Waals surface area contributed by atoms with Gasteiger partial charge in [-0.1, -0.05) is 35.3 Å². The van der Waals surface area contributed by atoms with Gasteiger partial charge in [0.2, 0.25) is 0 Å². The molecule has 0 amide bonds. The first-order valence-electron chi connectivity index (χ1n) is 6.15. The van der Waals surface area contributed by atoms with Gasteiger partial charge < -0.3 is 0 Å². The van der Waals surface area contributed by atoms with E-state index >= 15 is 0 Å². The molecule has 0 spiro atoms. The number of fused-ring (bicyclic) bond motifs is 1. The van der Waals surface area contributed by atoms with Gasteiger partial charge in [0.05, 0.1) is 11.1 Å². The van der Waals surface area contributed by atoms with E-state index in [2.05, 4.69) is 9.97 Å². The molecule has 0 aliphatic heterocycles. The maximum Gasteiger partial charge on any atom is 0.417 e. The van der Waals surface area contributed by atoms with E-state index in [-0.39, 0.29) is 21.6 Å². The van der Waals surface area contributed by atoms with Crippen LogP contribution in [0.2, 0.25) is 10.2 Å². The van der Waals surface area contributed by atoms with Crippen LogP contribution in [-0.4, -0.2) is 9.97 Å². The molecule has 0 saturated carbocycles. The van der Waals surface area contributed by atoms with E-state index in [1.165, 1.54) is 12.1 Å². The lowest BCUT2D eigenvalue weighted by atomic mass is 10.1. The lowest BCUT2D eigenvalue weighted by Crippen LogP contribution is -2.08. The molecule has 112 valence electrons. The summed E-state index contributed by atoms with van der Waals surface area (Å²) in [5, 5.41) is 0.669. The fourth-order valence-electron chi connectivity index (χ4n) is 2.10. The van der Waals surface area contributed by atoms with Gasteiger partial charge in [0.15, 0.2) is 5.82 Å². The summed E-state index contributed by atoms with van der Waals surface area (Å²) in [6.45, 7) is 0. The van der Waals surface area contributed by atoms with Crippen LogP contribution in [0.3, 0.4) is 0 Å². The molecule has 0 radical (unpaired) electrons. The van der Waals surface area contributed by atoms with E-state index in [0.717, 1.165) is 6.07 Å². The standard InChI is InChI=1S/C15H7Cl2F3N2/c16-8-5-6-9(11(7-8)15(18,19)20)14-21-12-4-2-1-3-10(12)13(17)22-14/h1-7H. The topological polar surface area (TPSA) is 25.8 Å². The monoisotopic (exact) mass is 342 g/mol. The molecule has 0 N–H and O–H groups in total. The Hall–Kier alpha value is -1.85. The van der Waals surface area contributed by atoms with Crippen LogP contribution in [0.5, 0.6) is 0 Å². The number of hydrogen-bond donors (Lipinski definition) is 0. The zero-order chi connectivity index (χ0) is 15.9. The van der Waals surface area contributed by atoms with Gasteiger partial charge in [0.25, 0.3) is 0 Å². The molecule has 7 heteroatoms. The average Bonchev–Trinajstić information content (AvgIpc) is 2.46. The van der Waals surface area contributed by atoms with Crippen LogP contribution >= 0.6 is 23.2 Å². The van der Waals surface area contributed by atoms with E-state index in [1.807, 2.05) is 0 Å². The second-order valence-electron chi connectivity index (χ2n) is 4.54. The van der Waals surface area contributed by atoms with Gasteiger partial charge in [-0.15, -0.1) is 0 Å². The highest BCUT2D eigenvalue weighted by atomic mass is 35.5. The lowest BCUT2D eigenvalue weighted by molar-refractivity contribution is -0.137. The van der Waals surface area contributed by atoms with E-state index in [1.54, 1.807) is 24.3 Å². The van der Waals surface area contributed by atoms with E-state index in [0.29, 0.717) is 10.9 Å². The number of aromatic nitrogens is 2. The number of hydrogen-bond acceptors (Lipinski definition) is 2. The number of nitrogens with zero attached hydrogens (tertiary/aromatic N) is 2. The summed E-state index contributed by atoms with van der Waals surface area (Å²) in [6, 6.07) is 10.3. The van der Waals surface area contributed by atoms with Crippen LogP contribution in [0.15, 0.2) is 42.5 Å². The van der Waals surface area contributed by atoms with Crippen molar-refractivity contribution in [3.05, 3.63) is 58.2 Å². The Morgan fingerprint density at radius 2 is 1.64 bits per heavy atom. The first kappa shape index (κ1) is 15.1. The number of rotatable bonds is 1. The quantitative estimate of drug-likeness (QED) is 0.536. The maximum atomic E-state index is 13.2. The van der Waals surface area contributed by atoms with Gasteiger partial charge in [0, 0.05) is 16.0 Å². The van der Waals surface area contributed by atoms with E-state index < -0.39 is 11.7 Å². The first-order chi connectivity index (χ1) is 10.4. The van der Waals surface area contributed by atoms with Crippen molar-refractivity contribution in [1.29, 1.82) is 0 Å². The van der Waals surface area contributed by atoms with Gasteiger partial charge in [-0.2, -0.15) is 13.2 Å². The maximum absolute atomic E-state index is 13.2. The zero-order valence-electron chi connectivity index (χ0n) is 10.8. The molecule has 1 aromatic heterocycles. The normalized spacial score (nSPS) is 11.9. The summed E-state index contributed by atoms with van der Waals surface area (Å²) in [6.07, 6.45) is -4.57. The average molecular weight is 343 g/mol. The molecule has 0 aliphatic carbocycles. The summed E-state index contributed by atoms with van der Waals surface area (Å²) in [5.41, 5.74) is -0.587. The van der Waals surface area contributed by atoms with Crippen molar-refractivity contribution in [2.24, 2.45) is 0 Å². The van der Waals surface area contributed by atoms with Gasteiger partial charge in [-0.3, -0.25) is 0 Å². The minimum absolute atomic E-state index is 0.0111. The first-order valence-corrected chi connectivity index (χ1v) is 6.91. The highest BCUT2D eigenvalue weighted by Gasteiger charge is 2.34. The number of halogens is 5. The molecule has 0 saturated heterocycles. The molecule has 3 aromatic rings. The van der Waals surface area contributed by atoms with Crippen molar-refractivity contribution in [2.45, 2.75) is 6.18 Å². The fourth-order valence-corrected chi connectivity index (χ4v) is 2.52. The minimum Gasteiger partial charge on any atom is -0.228 e. The van der Waals surface area contributed by atoms with Gasteiger partial charge >= 0.3 is 6.18 Å². The molecular weight excluding hydrogens is 336 g/mol. The molecule has 0 fully saturated rings. The molecular formula is C15H7Cl2F3N2. The SMILES string of the molecule is FC(F)(F)c1cc(Cl)ccc1-c1nc(Cl)c2ccccc2n1. The molecule has 0 unspecified atom stereocenters. The smallest absolute Gasteiger partial charge is 0.228 e. The van der Waals surface area contributed by atoms with Crippen LogP contribution in [0.25, 0.3) is 22.3 Å². The second-order valence-corrected chi connectivity index (χ2v) is 5.34. The van der Waals surface area contributed by atoms with Crippen LogP contribution in [0.4, 0.5) is 13.2 Å². The minimum atomic E-state index is -4.57. The van der Waals surface area contributed by atoms with Crippen molar-refractivity contribution in [3.8, 4) is 11.4 Å². The van der Waals surface area contributed by atoms with Crippen molar-refractivity contribution in [2.75, 3.05) is 0 Å². The van der Waals surface area contributed by atoms with E-state index in [9.17, 15) is 13.2 Å². The molecule has 0 atom stereocenters. The summed E-state index contributed by atoms with van der Waals surface area (Å²) in [4.78, 5) is 8.16. The van der Waals surface area contributed by atoms with Gasteiger partial charge in [-0.25, -0.2) is 9.97 Å². The number of benzene rings is 2. The predicted molar refractivity (Wildman–Crippen MR) is 80.0 cm³/mol. The van der Waals surface area contributed by atoms with Crippen LogP contribution in [-0.2, 0) is 6.18 Å². The molecule has 2 aromatic carbocycles. The molecule has 2 nitrogen and oxygen atoms in total. The Balaban J connectivity index is 2.28. The highest BCUT2D eigenvalue weighted by Crippen LogP contribution is 2.38. The molecule has 0 bridgehead atoms. The Morgan fingerprint density at radius 3 is 2.36 bits per heavy atom. The zero-order valence-corrected chi connectivity index (χ0v) is 12.3. The van der Waals surface area contributed by atoms with Gasteiger partial charge in [0.1, 0.15) is 5.15 Å². The molecule has 3 rings (SSSR count). The predicted octanol–water partition coefficient (Wildman–Crippen LogP) is 5.62. The highest BCUT2D eigenvalue weighted by molar-refractivity contribution is 6.34. The Labute approximate surface area is 133 Å².